The van der Waals surface area contributed by atoms with E-state index in [-0.39, 0.29) is 54.3 Å². The number of hydrogen-bond donors (Lipinski definition) is 3. The summed E-state index contributed by atoms with van der Waals surface area (Å²) >= 11 is 5.95. The van der Waals surface area contributed by atoms with Gasteiger partial charge in [0.2, 0.25) is 0 Å². The maximum absolute atomic E-state index is 14.5. The largest absolute Gasteiger partial charge is 0.490 e. The fourth-order valence-electron chi connectivity index (χ4n) is 3.90. The van der Waals surface area contributed by atoms with Gasteiger partial charge in [-0.25, -0.2) is 9.37 Å². The van der Waals surface area contributed by atoms with E-state index in [1.54, 1.807) is 24.3 Å². The number of carbonyl (C=O) groups excluding carboxylic acids is 1. The van der Waals surface area contributed by atoms with E-state index in [1.807, 2.05) is 0 Å². The summed E-state index contributed by atoms with van der Waals surface area (Å²) in [6, 6.07) is 9.51. The fraction of sp³-hybridized carbons (Fsp3) is 0.375. The molecular weight excluding hydrogens is 465 g/mol. The quantitative estimate of drug-likeness (QED) is 0.448. The molecule has 2 unspecified atom stereocenters. The van der Waals surface area contributed by atoms with Gasteiger partial charge in [0.1, 0.15) is 5.39 Å². The van der Waals surface area contributed by atoms with Gasteiger partial charge in [0, 0.05) is 11.6 Å². The molecule has 0 radical (unpaired) electrons. The van der Waals surface area contributed by atoms with E-state index in [9.17, 15) is 14.0 Å². The minimum absolute atomic E-state index is 0.000823. The number of nitrogens with one attached hydrogen (secondary N) is 2. The van der Waals surface area contributed by atoms with E-state index in [0.29, 0.717) is 18.1 Å². The molecule has 0 saturated carbocycles. The van der Waals surface area contributed by atoms with E-state index in [1.165, 1.54) is 6.07 Å². The molecule has 1 amide bonds. The van der Waals surface area contributed by atoms with E-state index in [4.69, 9.17) is 26.2 Å². The average Bonchev–Trinajstić information content (AvgIpc) is 2.84. The zero-order chi connectivity index (χ0) is 24.1. The molecule has 0 bridgehead atoms. The molecule has 4 rings (SSSR count). The highest BCUT2D eigenvalue weighted by Gasteiger charge is 2.22. The monoisotopic (exact) mass is 489 g/mol. The Balaban J connectivity index is 1.45. The van der Waals surface area contributed by atoms with Crippen molar-refractivity contribution in [1.29, 1.82) is 0 Å². The van der Waals surface area contributed by atoms with Gasteiger partial charge in [0.25, 0.3) is 11.5 Å². The van der Waals surface area contributed by atoms with Gasteiger partial charge in [-0.05, 0) is 55.0 Å². The Morgan fingerprint density at radius 1 is 1.32 bits per heavy atom. The Kier molecular flexibility index (Phi) is 7.77. The number of nitrogens with zero attached hydrogens (tertiary/aromatic N) is 1. The highest BCUT2D eigenvalue weighted by Crippen LogP contribution is 2.27. The van der Waals surface area contributed by atoms with Crippen molar-refractivity contribution in [1.82, 2.24) is 15.3 Å². The summed E-state index contributed by atoms with van der Waals surface area (Å²) in [4.78, 5) is 31.9. The van der Waals surface area contributed by atoms with Gasteiger partial charge in [-0.3, -0.25) is 9.59 Å². The van der Waals surface area contributed by atoms with Gasteiger partial charge in [-0.2, -0.15) is 0 Å². The number of aromatic amines is 1. The number of amides is 1. The molecule has 8 nitrogen and oxygen atoms in total. The van der Waals surface area contributed by atoms with E-state index >= 15 is 0 Å². The number of aliphatic hydroxyl groups is 1. The summed E-state index contributed by atoms with van der Waals surface area (Å²) in [5.74, 6) is -1.41. The second kappa shape index (κ2) is 10.9. The van der Waals surface area contributed by atoms with Crippen LogP contribution in [0.15, 0.2) is 41.2 Å². The van der Waals surface area contributed by atoms with Crippen LogP contribution < -0.4 is 15.6 Å². The Morgan fingerprint density at radius 2 is 2.18 bits per heavy atom. The first kappa shape index (κ1) is 24.1. The minimum atomic E-state index is -0.682. The lowest BCUT2D eigenvalue weighted by Crippen LogP contribution is -2.29. The zero-order valence-electron chi connectivity index (χ0n) is 18.4. The standard InChI is InChI=1S/C24H25ClFN3O5/c25-16-3-1-2-15(10-16)11-27-24(32)22-28-19-7-6-18(26)21(20(19)23(31)29-22)33-9-8-14-4-5-17(12-30)34-13-14/h1-3,6-7,10,14,17,30H,4-5,8-9,11-13H2,(H,27,32)(H,28,29,31). The molecule has 10 heteroatoms. The van der Waals surface area contributed by atoms with Gasteiger partial charge in [-0.15, -0.1) is 0 Å². The normalized spacial score (nSPS) is 18.1. The maximum atomic E-state index is 14.5. The molecule has 1 fully saturated rings. The lowest BCUT2D eigenvalue weighted by Gasteiger charge is -2.27. The number of aliphatic hydroxyl groups excluding tert-OH is 1. The molecule has 3 N–H and O–H groups in total. The second-order valence-electron chi connectivity index (χ2n) is 8.22. The Bertz CT molecular complexity index is 1230. The van der Waals surface area contributed by atoms with Crippen molar-refractivity contribution in [2.45, 2.75) is 31.9 Å². The molecule has 2 atom stereocenters. The van der Waals surface area contributed by atoms with Gasteiger partial charge in [0.05, 0.1) is 31.4 Å². The van der Waals surface area contributed by atoms with Crippen LogP contribution in [0.25, 0.3) is 10.9 Å². The van der Waals surface area contributed by atoms with Crippen LogP contribution in [-0.4, -0.2) is 46.9 Å². The molecule has 0 aliphatic carbocycles. The number of halogens is 2. The summed E-state index contributed by atoms with van der Waals surface area (Å²) in [6.45, 7) is 0.890. The first-order valence-corrected chi connectivity index (χ1v) is 11.4. The first-order chi connectivity index (χ1) is 16.4. The summed E-state index contributed by atoms with van der Waals surface area (Å²) in [5.41, 5.74) is 0.274. The Labute approximate surface area is 200 Å². The number of fused-ring (bicyclic) bond motifs is 1. The molecule has 34 heavy (non-hydrogen) atoms. The van der Waals surface area contributed by atoms with Crippen molar-refractivity contribution < 1.29 is 23.8 Å². The topological polar surface area (TPSA) is 114 Å². The molecule has 1 saturated heterocycles. The molecule has 180 valence electrons. The van der Waals surface area contributed by atoms with Crippen LogP contribution in [0.2, 0.25) is 5.02 Å². The van der Waals surface area contributed by atoms with Crippen LogP contribution in [0.1, 0.15) is 35.4 Å². The third kappa shape index (κ3) is 5.72. The van der Waals surface area contributed by atoms with Crippen LogP contribution in [-0.2, 0) is 11.3 Å². The van der Waals surface area contributed by atoms with Crippen LogP contribution in [0.4, 0.5) is 4.39 Å². The van der Waals surface area contributed by atoms with Crippen LogP contribution in [0, 0.1) is 11.7 Å². The predicted octanol–water partition coefficient (Wildman–Crippen LogP) is 3.20. The Morgan fingerprint density at radius 3 is 2.91 bits per heavy atom. The summed E-state index contributed by atoms with van der Waals surface area (Å²) in [7, 11) is 0. The number of ether oxygens (including phenoxy) is 2. The molecular formula is C24H25ClFN3O5. The van der Waals surface area contributed by atoms with Crippen LogP contribution in [0.5, 0.6) is 5.75 Å². The third-order valence-corrected chi connectivity index (χ3v) is 6.01. The van der Waals surface area contributed by atoms with Crippen molar-refractivity contribution in [3.8, 4) is 5.75 Å². The van der Waals surface area contributed by atoms with Crippen molar-refractivity contribution in [2.75, 3.05) is 19.8 Å². The lowest BCUT2D eigenvalue weighted by atomic mass is 9.96. The molecule has 0 spiro atoms. The minimum Gasteiger partial charge on any atom is -0.490 e. The van der Waals surface area contributed by atoms with Crippen molar-refractivity contribution in [2.24, 2.45) is 5.92 Å². The summed E-state index contributed by atoms with van der Waals surface area (Å²) in [5, 5.41) is 12.3. The molecule has 3 aromatic rings. The van der Waals surface area contributed by atoms with Crippen molar-refractivity contribution >= 4 is 28.4 Å². The van der Waals surface area contributed by atoms with Crippen molar-refractivity contribution in [3.05, 3.63) is 69.0 Å². The van der Waals surface area contributed by atoms with Crippen molar-refractivity contribution in [3.63, 3.8) is 0 Å². The number of H-pyrrole nitrogens is 1. The highest BCUT2D eigenvalue weighted by molar-refractivity contribution is 6.30. The van der Waals surface area contributed by atoms with Crippen LogP contribution >= 0.6 is 11.6 Å². The van der Waals surface area contributed by atoms with Gasteiger partial charge in [-0.1, -0.05) is 23.7 Å². The number of hydrogen-bond acceptors (Lipinski definition) is 6. The fourth-order valence-corrected chi connectivity index (χ4v) is 4.11. The summed E-state index contributed by atoms with van der Waals surface area (Å²) in [6.07, 6.45) is 2.12. The highest BCUT2D eigenvalue weighted by atomic mass is 35.5. The maximum Gasteiger partial charge on any atom is 0.287 e. The zero-order valence-corrected chi connectivity index (χ0v) is 19.1. The molecule has 2 aromatic carbocycles. The lowest BCUT2D eigenvalue weighted by molar-refractivity contribution is -0.0460. The molecule has 1 aromatic heterocycles. The Hall–Kier alpha value is -3.01. The van der Waals surface area contributed by atoms with E-state index in [0.717, 1.165) is 24.5 Å². The molecule has 1 aliphatic heterocycles. The number of benzene rings is 2. The average molecular weight is 490 g/mol. The SMILES string of the molecule is O=C(NCc1cccc(Cl)c1)c1nc2ccc(F)c(OCCC3CCC(CO)OC3)c2c(=O)[nH]1. The van der Waals surface area contributed by atoms with E-state index in [2.05, 4.69) is 15.3 Å². The van der Waals surface area contributed by atoms with Gasteiger partial charge in [0.15, 0.2) is 17.4 Å². The second-order valence-corrected chi connectivity index (χ2v) is 8.65. The third-order valence-electron chi connectivity index (χ3n) is 5.78. The van der Waals surface area contributed by atoms with E-state index < -0.39 is 17.3 Å². The predicted molar refractivity (Wildman–Crippen MR) is 125 cm³/mol. The van der Waals surface area contributed by atoms with Gasteiger partial charge < -0.3 is 24.9 Å². The van der Waals surface area contributed by atoms with Crippen LogP contribution in [0.3, 0.4) is 0 Å². The molecule has 2 heterocycles. The summed E-state index contributed by atoms with van der Waals surface area (Å²) < 4.78 is 25.7. The molecule has 1 aliphatic rings. The number of rotatable bonds is 8. The number of aromatic nitrogens is 2. The van der Waals surface area contributed by atoms with Gasteiger partial charge >= 0.3 is 0 Å². The smallest absolute Gasteiger partial charge is 0.287 e. The first-order valence-electron chi connectivity index (χ1n) is 11.0. The number of carbonyl (C=O) groups is 1.